The molecule has 2 rings (SSSR count). The molecule has 14 heavy (non-hydrogen) atoms. The molecule has 72 valence electrons. The molecule has 0 aliphatic rings. The highest BCUT2D eigenvalue weighted by Gasteiger charge is 2.07. The van der Waals surface area contributed by atoms with Crippen LogP contribution in [0.15, 0.2) is 22.9 Å². The van der Waals surface area contributed by atoms with Gasteiger partial charge in [-0.3, -0.25) is 4.68 Å². The van der Waals surface area contributed by atoms with E-state index in [0.717, 1.165) is 5.69 Å². The Kier molecular flexibility index (Phi) is 2.52. The van der Waals surface area contributed by atoms with Crippen molar-refractivity contribution in [2.45, 2.75) is 0 Å². The molecule has 0 aliphatic heterocycles. The number of hydrogen-bond acceptors (Lipinski definition) is 3. The zero-order valence-electron chi connectivity index (χ0n) is 7.28. The summed E-state index contributed by atoms with van der Waals surface area (Å²) in [6.07, 6.45) is 3.31. The Labute approximate surface area is 94.1 Å². The lowest BCUT2D eigenvalue weighted by molar-refractivity contribution is 0.769. The Morgan fingerprint density at radius 1 is 1.50 bits per heavy atom. The number of rotatable bonds is 1. The smallest absolute Gasteiger partial charge is 0.179 e. The molecule has 6 heteroatoms. The molecule has 0 bridgehead atoms. The normalized spacial score (nSPS) is 10.5. The molecule has 0 atom stereocenters. The fraction of sp³-hybridized carbons (Fsp3) is 0.125. The van der Waals surface area contributed by atoms with Gasteiger partial charge in [0.05, 0.1) is 4.47 Å². The quantitative estimate of drug-likeness (QED) is 0.749. The second-order valence-corrected chi connectivity index (χ2v) is 3.88. The van der Waals surface area contributed by atoms with Crippen molar-refractivity contribution in [1.82, 2.24) is 19.7 Å². The summed E-state index contributed by atoms with van der Waals surface area (Å²) in [5, 5.41) is 4.43. The molecular weight excluding hydrogens is 267 g/mol. The van der Waals surface area contributed by atoms with E-state index >= 15 is 0 Å². The van der Waals surface area contributed by atoms with Gasteiger partial charge in [-0.2, -0.15) is 5.10 Å². The van der Waals surface area contributed by atoms with Gasteiger partial charge in [0.25, 0.3) is 0 Å². The number of aryl methyl sites for hydroxylation is 1. The average Bonchev–Trinajstić information content (AvgIpc) is 2.57. The minimum atomic E-state index is 0.399. The lowest BCUT2D eigenvalue weighted by Gasteiger charge is -2.01. The monoisotopic (exact) mass is 272 g/mol. The van der Waals surface area contributed by atoms with Crippen LogP contribution in [0.5, 0.6) is 0 Å². The SMILES string of the molecule is Cn1nccc1-c1ncc(Br)c(Cl)n1. The van der Waals surface area contributed by atoms with Crippen molar-refractivity contribution in [1.29, 1.82) is 0 Å². The Hall–Kier alpha value is -0.940. The molecular formula is C8H6BrClN4. The Balaban J connectivity index is 2.53. The second-order valence-electron chi connectivity index (χ2n) is 2.67. The Morgan fingerprint density at radius 3 is 2.86 bits per heavy atom. The molecule has 0 amide bonds. The van der Waals surface area contributed by atoms with Gasteiger partial charge in [-0.05, 0) is 22.0 Å². The van der Waals surface area contributed by atoms with E-state index in [2.05, 4.69) is 31.0 Å². The van der Waals surface area contributed by atoms with Crippen LogP contribution in [0, 0.1) is 0 Å². The predicted octanol–water partition coefficient (Wildman–Crippen LogP) is 2.29. The van der Waals surface area contributed by atoms with E-state index in [1.54, 1.807) is 17.1 Å². The van der Waals surface area contributed by atoms with Gasteiger partial charge in [0.2, 0.25) is 0 Å². The van der Waals surface area contributed by atoms with Crippen LogP contribution in [0.3, 0.4) is 0 Å². The predicted molar refractivity (Wildman–Crippen MR) is 56.9 cm³/mol. The molecule has 0 aliphatic carbocycles. The Morgan fingerprint density at radius 2 is 2.29 bits per heavy atom. The van der Waals surface area contributed by atoms with Crippen LogP contribution in [0.2, 0.25) is 5.15 Å². The number of hydrogen-bond donors (Lipinski definition) is 0. The van der Waals surface area contributed by atoms with Crippen molar-refractivity contribution in [2.24, 2.45) is 7.05 Å². The maximum atomic E-state index is 5.86. The minimum Gasteiger partial charge on any atom is -0.265 e. The summed E-state index contributed by atoms with van der Waals surface area (Å²) in [6, 6.07) is 1.83. The highest BCUT2D eigenvalue weighted by atomic mass is 79.9. The lowest BCUT2D eigenvalue weighted by atomic mass is 10.4. The van der Waals surface area contributed by atoms with E-state index in [1.807, 2.05) is 13.1 Å². The molecule has 0 spiro atoms. The second kappa shape index (κ2) is 3.67. The number of halogens is 2. The van der Waals surface area contributed by atoms with Crippen molar-refractivity contribution >= 4 is 27.5 Å². The summed E-state index contributed by atoms with van der Waals surface area (Å²) in [5.74, 6) is 0.568. The maximum absolute atomic E-state index is 5.86. The van der Waals surface area contributed by atoms with Crippen molar-refractivity contribution in [3.63, 3.8) is 0 Å². The van der Waals surface area contributed by atoms with Gasteiger partial charge in [-0.25, -0.2) is 9.97 Å². The van der Waals surface area contributed by atoms with Gasteiger partial charge in [-0.15, -0.1) is 0 Å². The molecule has 0 aromatic carbocycles. The molecule has 0 unspecified atom stereocenters. The van der Waals surface area contributed by atoms with Crippen LogP contribution < -0.4 is 0 Å². The van der Waals surface area contributed by atoms with Gasteiger partial charge in [0.15, 0.2) is 5.82 Å². The summed E-state index contributed by atoms with van der Waals surface area (Å²) in [5.41, 5.74) is 0.833. The van der Waals surface area contributed by atoms with Gasteiger partial charge in [-0.1, -0.05) is 11.6 Å². The van der Waals surface area contributed by atoms with Gasteiger partial charge < -0.3 is 0 Å². The van der Waals surface area contributed by atoms with E-state index in [9.17, 15) is 0 Å². The lowest BCUT2D eigenvalue weighted by Crippen LogP contribution is -1.97. The third-order valence-electron chi connectivity index (χ3n) is 1.75. The molecule has 2 heterocycles. The van der Waals surface area contributed by atoms with Crippen molar-refractivity contribution in [3.8, 4) is 11.5 Å². The third kappa shape index (κ3) is 1.65. The topological polar surface area (TPSA) is 43.6 Å². The summed E-state index contributed by atoms with van der Waals surface area (Å²) in [6.45, 7) is 0. The van der Waals surface area contributed by atoms with Gasteiger partial charge in [0.1, 0.15) is 10.8 Å². The van der Waals surface area contributed by atoms with E-state index in [-0.39, 0.29) is 0 Å². The standard InChI is InChI=1S/C8H6BrClN4/c1-14-6(2-3-12-14)8-11-4-5(9)7(10)13-8/h2-4H,1H3. The third-order valence-corrected chi connectivity index (χ3v) is 2.85. The van der Waals surface area contributed by atoms with Crippen molar-refractivity contribution in [2.75, 3.05) is 0 Å². The first kappa shape index (κ1) is 9.61. The van der Waals surface area contributed by atoms with Crippen LogP contribution in [0.1, 0.15) is 0 Å². The molecule has 0 fully saturated rings. The summed E-state index contributed by atoms with van der Waals surface area (Å²) in [7, 11) is 1.83. The molecule has 0 radical (unpaired) electrons. The zero-order valence-corrected chi connectivity index (χ0v) is 9.62. The van der Waals surface area contributed by atoms with E-state index in [0.29, 0.717) is 15.5 Å². The Bertz CT molecular complexity index is 468. The van der Waals surface area contributed by atoms with Gasteiger partial charge in [0, 0.05) is 19.4 Å². The van der Waals surface area contributed by atoms with Crippen LogP contribution in [-0.4, -0.2) is 19.7 Å². The number of aromatic nitrogens is 4. The molecule has 0 saturated carbocycles. The van der Waals surface area contributed by atoms with Crippen molar-refractivity contribution in [3.05, 3.63) is 28.1 Å². The van der Waals surface area contributed by atoms with Gasteiger partial charge >= 0.3 is 0 Å². The minimum absolute atomic E-state index is 0.399. The zero-order chi connectivity index (χ0) is 10.1. The summed E-state index contributed by atoms with van der Waals surface area (Å²) >= 11 is 9.09. The maximum Gasteiger partial charge on any atom is 0.179 e. The van der Waals surface area contributed by atoms with Crippen LogP contribution in [0.25, 0.3) is 11.5 Å². The van der Waals surface area contributed by atoms with E-state index in [1.165, 1.54) is 0 Å². The van der Waals surface area contributed by atoms with Crippen LogP contribution in [0.4, 0.5) is 0 Å². The molecule has 0 N–H and O–H groups in total. The highest BCUT2D eigenvalue weighted by Crippen LogP contribution is 2.22. The largest absolute Gasteiger partial charge is 0.265 e. The fourth-order valence-electron chi connectivity index (χ4n) is 1.06. The number of nitrogens with zero attached hydrogens (tertiary/aromatic N) is 4. The van der Waals surface area contributed by atoms with E-state index < -0.39 is 0 Å². The van der Waals surface area contributed by atoms with Crippen LogP contribution in [-0.2, 0) is 7.05 Å². The fourth-order valence-corrected chi connectivity index (χ4v) is 1.38. The van der Waals surface area contributed by atoms with Crippen LogP contribution >= 0.6 is 27.5 Å². The summed E-state index contributed by atoms with van der Waals surface area (Å²) < 4.78 is 2.38. The highest BCUT2D eigenvalue weighted by molar-refractivity contribution is 9.10. The molecule has 2 aromatic heterocycles. The molecule has 2 aromatic rings. The van der Waals surface area contributed by atoms with E-state index in [4.69, 9.17) is 11.6 Å². The molecule has 4 nitrogen and oxygen atoms in total. The first-order chi connectivity index (χ1) is 6.68. The first-order valence-corrected chi connectivity index (χ1v) is 5.02. The average molecular weight is 274 g/mol. The first-order valence-electron chi connectivity index (χ1n) is 3.85. The molecule has 0 saturated heterocycles. The van der Waals surface area contributed by atoms with Crippen molar-refractivity contribution < 1.29 is 0 Å². The summed E-state index contributed by atoms with van der Waals surface area (Å²) in [4.78, 5) is 8.26.